The van der Waals surface area contributed by atoms with Crippen LogP contribution in [-0.4, -0.2) is 34.7 Å². The molecular weight excluding hydrogens is 162 g/mol. The van der Waals surface area contributed by atoms with E-state index in [0.717, 1.165) is 25.8 Å². The first-order valence-electron chi connectivity index (χ1n) is 5.31. The van der Waals surface area contributed by atoms with Crippen LogP contribution in [0, 0.1) is 0 Å². The number of piperidine rings is 1. The fourth-order valence-corrected chi connectivity index (χ4v) is 2.77. The van der Waals surface area contributed by atoms with Crippen LogP contribution in [-0.2, 0) is 0 Å². The zero-order valence-corrected chi connectivity index (χ0v) is 8.21. The van der Waals surface area contributed by atoms with Gasteiger partial charge in [-0.15, -0.1) is 6.58 Å². The van der Waals surface area contributed by atoms with Crippen molar-refractivity contribution in [3.05, 3.63) is 12.7 Å². The van der Waals surface area contributed by atoms with Crippen molar-refractivity contribution in [2.45, 2.75) is 43.7 Å². The van der Waals surface area contributed by atoms with Crippen molar-refractivity contribution in [2.75, 3.05) is 13.1 Å². The molecule has 2 heteroatoms. The zero-order chi connectivity index (χ0) is 9.31. The highest BCUT2D eigenvalue weighted by molar-refractivity contribution is 4.97. The van der Waals surface area contributed by atoms with Crippen LogP contribution in [0.3, 0.4) is 0 Å². The number of nitrogens with zero attached hydrogens (tertiary/aromatic N) is 1. The van der Waals surface area contributed by atoms with Gasteiger partial charge in [0.2, 0.25) is 0 Å². The van der Waals surface area contributed by atoms with Crippen LogP contribution in [0.15, 0.2) is 12.7 Å². The highest BCUT2D eigenvalue weighted by Gasteiger charge is 2.39. The first kappa shape index (κ1) is 9.22. The maximum Gasteiger partial charge on any atom is 0.0709 e. The lowest BCUT2D eigenvalue weighted by Crippen LogP contribution is -2.47. The molecule has 0 aliphatic carbocycles. The minimum atomic E-state index is -0.437. The fourth-order valence-electron chi connectivity index (χ4n) is 2.77. The van der Waals surface area contributed by atoms with E-state index < -0.39 is 5.60 Å². The van der Waals surface area contributed by atoms with Crippen molar-refractivity contribution in [1.29, 1.82) is 0 Å². The molecule has 2 unspecified atom stereocenters. The molecule has 0 aromatic carbocycles. The van der Waals surface area contributed by atoms with E-state index in [2.05, 4.69) is 11.5 Å². The van der Waals surface area contributed by atoms with Crippen molar-refractivity contribution < 1.29 is 5.11 Å². The summed E-state index contributed by atoms with van der Waals surface area (Å²) in [4.78, 5) is 2.53. The molecule has 2 heterocycles. The molecule has 0 spiro atoms. The molecule has 0 amide bonds. The molecule has 0 bridgehead atoms. The Morgan fingerprint density at radius 2 is 2.38 bits per heavy atom. The molecule has 0 radical (unpaired) electrons. The average Bonchev–Trinajstić information content (AvgIpc) is 2.50. The lowest BCUT2D eigenvalue weighted by molar-refractivity contribution is -0.0333. The van der Waals surface area contributed by atoms with Crippen molar-refractivity contribution >= 4 is 0 Å². The van der Waals surface area contributed by atoms with Crippen molar-refractivity contribution in [3.63, 3.8) is 0 Å². The van der Waals surface area contributed by atoms with Gasteiger partial charge in [0.15, 0.2) is 0 Å². The van der Waals surface area contributed by atoms with Gasteiger partial charge in [-0.2, -0.15) is 0 Å². The predicted molar refractivity (Wildman–Crippen MR) is 53.6 cm³/mol. The zero-order valence-electron chi connectivity index (χ0n) is 8.21. The Hall–Kier alpha value is -0.340. The summed E-state index contributed by atoms with van der Waals surface area (Å²) in [6.45, 7) is 6.04. The Morgan fingerprint density at radius 3 is 3.15 bits per heavy atom. The van der Waals surface area contributed by atoms with Crippen LogP contribution < -0.4 is 0 Å². The molecule has 13 heavy (non-hydrogen) atoms. The Bertz CT molecular complexity index is 204. The number of hydrogen-bond acceptors (Lipinski definition) is 2. The maximum absolute atomic E-state index is 10.2. The summed E-state index contributed by atoms with van der Waals surface area (Å²) < 4.78 is 0. The molecule has 2 nitrogen and oxygen atoms in total. The summed E-state index contributed by atoms with van der Waals surface area (Å²) in [5, 5.41) is 10.2. The normalized spacial score (nSPS) is 40.2. The van der Waals surface area contributed by atoms with Crippen LogP contribution in [0.4, 0.5) is 0 Å². The van der Waals surface area contributed by atoms with Crippen LogP contribution in [0.2, 0.25) is 0 Å². The Kier molecular flexibility index (Phi) is 2.43. The van der Waals surface area contributed by atoms with E-state index in [0.29, 0.717) is 6.04 Å². The van der Waals surface area contributed by atoms with Gasteiger partial charge in [-0.25, -0.2) is 0 Å². The number of fused-ring (bicyclic) bond motifs is 1. The van der Waals surface area contributed by atoms with Gasteiger partial charge in [0.05, 0.1) is 5.60 Å². The van der Waals surface area contributed by atoms with Gasteiger partial charge in [-0.1, -0.05) is 6.08 Å². The highest BCUT2D eigenvalue weighted by atomic mass is 16.3. The molecule has 2 rings (SSSR count). The fraction of sp³-hybridized carbons (Fsp3) is 0.818. The molecule has 0 aromatic rings. The molecule has 0 aromatic heterocycles. The summed E-state index contributed by atoms with van der Waals surface area (Å²) >= 11 is 0. The van der Waals surface area contributed by atoms with Crippen LogP contribution >= 0.6 is 0 Å². The SMILES string of the molecule is C=CCC1(O)CCN2CCCC2C1. The number of hydrogen-bond donors (Lipinski definition) is 1. The Balaban J connectivity index is 1.99. The Morgan fingerprint density at radius 1 is 1.54 bits per heavy atom. The van der Waals surface area contributed by atoms with Crippen LogP contribution in [0.25, 0.3) is 0 Å². The molecule has 1 N–H and O–H groups in total. The molecule has 2 atom stereocenters. The van der Waals surface area contributed by atoms with E-state index in [1.54, 1.807) is 0 Å². The topological polar surface area (TPSA) is 23.5 Å². The van der Waals surface area contributed by atoms with Gasteiger partial charge in [0, 0.05) is 12.6 Å². The second-order valence-electron chi connectivity index (χ2n) is 4.50. The quantitative estimate of drug-likeness (QED) is 0.653. The minimum Gasteiger partial charge on any atom is -0.389 e. The van der Waals surface area contributed by atoms with Gasteiger partial charge in [0.1, 0.15) is 0 Å². The molecule has 2 saturated heterocycles. The van der Waals surface area contributed by atoms with E-state index in [1.165, 1.54) is 19.4 Å². The first-order chi connectivity index (χ1) is 6.23. The van der Waals surface area contributed by atoms with Gasteiger partial charge >= 0.3 is 0 Å². The van der Waals surface area contributed by atoms with E-state index >= 15 is 0 Å². The smallest absolute Gasteiger partial charge is 0.0709 e. The van der Waals surface area contributed by atoms with E-state index in [-0.39, 0.29) is 0 Å². The second kappa shape index (κ2) is 3.43. The lowest BCUT2D eigenvalue weighted by atomic mass is 9.84. The van der Waals surface area contributed by atoms with Gasteiger partial charge < -0.3 is 10.0 Å². The maximum atomic E-state index is 10.2. The monoisotopic (exact) mass is 181 g/mol. The molecule has 74 valence electrons. The van der Waals surface area contributed by atoms with E-state index in [1.807, 2.05) is 6.08 Å². The van der Waals surface area contributed by atoms with Crippen LogP contribution in [0.5, 0.6) is 0 Å². The lowest BCUT2D eigenvalue weighted by Gasteiger charge is -2.40. The largest absolute Gasteiger partial charge is 0.389 e. The highest BCUT2D eigenvalue weighted by Crippen LogP contribution is 2.34. The second-order valence-corrected chi connectivity index (χ2v) is 4.50. The summed E-state index contributed by atoms with van der Waals surface area (Å²) in [5.74, 6) is 0. The summed E-state index contributed by atoms with van der Waals surface area (Å²) in [5.41, 5.74) is -0.437. The third kappa shape index (κ3) is 1.79. The molecule has 2 fully saturated rings. The predicted octanol–water partition coefficient (Wildman–Crippen LogP) is 1.55. The standard InChI is InChI=1S/C11H19NO/c1-2-5-11(13)6-8-12-7-3-4-10(12)9-11/h2,10,13H,1,3-9H2. The van der Waals surface area contributed by atoms with Crippen molar-refractivity contribution in [2.24, 2.45) is 0 Å². The molecule has 0 saturated carbocycles. The van der Waals surface area contributed by atoms with Crippen LogP contribution in [0.1, 0.15) is 32.1 Å². The number of aliphatic hydroxyl groups is 1. The Labute approximate surface area is 80.2 Å². The third-order valence-electron chi connectivity index (χ3n) is 3.50. The number of rotatable bonds is 2. The van der Waals surface area contributed by atoms with Crippen molar-refractivity contribution in [3.8, 4) is 0 Å². The van der Waals surface area contributed by atoms with Gasteiger partial charge in [-0.3, -0.25) is 0 Å². The summed E-state index contributed by atoms with van der Waals surface area (Å²) in [7, 11) is 0. The molecule has 2 aliphatic rings. The summed E-state index contributed by atoms with van der Waals surface area (Å²) in [6, 6.07) is 0.652. The van der Waals surface area contributed by atoms with Crippen molar-refractivity contribution in [1.82, 2.24) is 4.90 Å². The van der Waals surface area contributed by atoms with E-state index in [9.17, 15) is 5.11 Å². The van der Waals surface area contributed by atoms with E-state index in [4.69, 9.17) is 0 Å². The minimum absolute atomic E-state index is 0.437. The van der Waals surface area contributed by atoms with Gasteiger partial charge in [0.25, 0.3) is 0 Å². The third-order valence-corrected chi connectivity index (χ3v) is 3.50. The average molecular weight is 181 g/mol. The molecular formula is C11H19NO. The molecule has 2 aliphatic heterocycles. The van der Waals surface area contributed by atoms with Gasteiger partial charge in [-0.05, 0) is 38.6 Å². The first-order valence-corrected chi connectivity index (χ1v) is 5.31. The summed E-state index contributed by atoms with van der Waals surface area (Å²) in [6.07, 6.45) is 7.09.